The van der Waals surface area contributed by atoms with Crippen molar-refractivity contribution in [1.29, 1.82) is 0 Å². The van der Waals surface area contributed by atoms with Crippen LogP contribution in [0, 0.1) is 0 Å². The third kappa shape index (κ3) is 4.19. The maximum Gasteiger partial charge on any atom is 0.0210 e. The highest BCUT2D eigenvalue weighted by Gasteiger charge is 2.15. The standard InChI is InChI=1S/C15H23N/c1-5-11-15(3,4)16-12-13(2)14-9-7-6-8-10-14/h6-10,16H,2,5,11-12H2,1,3-4H3. The molecule has 0 aliphatic heterocycles. The molecular formula is C15H23N. The van der Waals surface area contributed by atoms with E-state index < -0.39 is 0 Å². The van der Waals surface area contributed by atoms with Crippen LogP contribution in [0.4, 0.5) is 0 Å². The highest BCUT2D eigenvalue weighted by molar-refractivity contribution is 5.64. The van der Waals surface area contributed by atoms with Gasteiger partial charge in [0.15, 0.2) is 0 Å². The van der Waals surface area contributed by atoms with E-state index in [1.165, 1.54) is 18.4 Å². The number of hydrogen-bond acceptors (Lipinski definition) is 1. The Morgan fingerprint density at radius 3 is 2.44 bits per heavy atom. The van der Waals surface area contributed by atoms with Gasteiger partial charge in [-0.25, -0.2) is 0 Å². The van der Waals surface area contributed by atoms with Crippen molar-refractivity contribution in [3.8, 4) is 0 Å². The third-order valence-corrected chi connectivity index (χ3v) is 2.84. The molecule has 1 N–H and O–H groups in total. The molecule has 0 spiro atoms. The number of nitrogens with one attached hydrogen (secondary N) is 1. The minimum Gasteiger partial charge on any atom is -0.308 e. The maximum atomic E-state index is 4.13. The van der Waals surface area contributed by atoms with Crippen molar-refractivity contribution in [2.45, 2.75) is 39.2 Å². The molecule has 1 aromatic carbocycles. The topological polar surface area (TPSA) is 12.0 Å². The zero-order chi connectivity index (χ0) is 12.0. The number of benzene rings is 1. The first kappa shape index (κ1) is 13.0. The summed E-state index contributed by atoms with van der Waals surface area (Å²) >= 11 is 0. The first-order valence-electron chi connectivity index (χ1n) is 6.03. The van der Waals surface area contributed by atoms with Gasteiger partial charge in [-0.05, 0) is 31.4 Å². The molecule has 0 unspecified atom stereocenters. The average molecular weight is 217 g/mol. The van der Waals surface area contributed by atoms with Gasteiger partial charge in [0.2, 0.25) is 0 Å². The summed E-state index contributed by atoms with van der Waals surface area (Å²) in [6.45, 7) is 11.7. The van der Waals surface area contributed by atoms with E-state index in [9.17, 15) is 0 Å². The smallest absolute Gasteiger partial charge is 0.0210 e. The van der Waals surface area contributed by atoms with Gasteiger partial charge < -0.3 is 5.32 Å². The molecular weight excluding hydrogens is 194 g/mol. The molecule has 0 heterocycles. The second-order valence-corrected chi connectivity index (χ2v) is 4.96. The Balaban J connectivity index is 2.48. The molecule has 1 nitrogen and oxygen atoms in total. The van der Waals surface area contributed by atoms with Crippen molar-refractivity contribution in [2.75, 3.05) is 6.54 Å². The zero-order valence-corrected chi connectivity index (χ0v) is 10.7. The van der Waals surface area contributed by atoms with Crippen molar-refractivity contribution in [1.82, 2.24) is 5.32 Å². The summed E-state index contributed by atoms with van der Waals surface area (Å²) in [4.78, 5) is 0. The SMILES string of the molecule is C=C(CNC(C)(C)CCC)c1ccccc1. The van der Waals surface area contributed by atoms with E-state index >= 15 is 0 Å². The zero-order valence-electron chi connectivity index (χ0n) is 10.7. The molecule has 1 rings (SSSR count). The van der Waals surface area contributed by atoms with Crippen LogP contribution in [0.25, 0.3) is 5.57 Å². The molecule has 0 bridgehead atoms. The normalized spacial score (nSPS) is 11.4. The Kier molecular flexibility index (Phi) is 4.75. The van der Waals surface area contributed by atoms with E-state index in [-0.39, 0.29) is 5.54 Å². The van der Waals surface area contributed by atoms with Gasteiger partial charge in [-0.3, -0.25) is 0 Å². The summed E-state index contributed by atoms with van der Waals surface area (Å²) in [7, 11) is 0. The van der Waals surface area contributed by atoms with Gasteiger partial charge in [-0.1, -0.05) is 50.3 Å². The Morgan fingerprint density at radius 1 is 1.25 bits per heavy atom. The highest BCUT2D eigenvalue weighted by Crippen LogP contribution is 2.14. The molecule has 0 saturated carbocycles. The van der Waals surface area contributed by atoms with Crippen molar-refractivity contribution in [3.05, 3.63) is 42.5 Å². The lowest BCUT2D eigenvalue weighted by molar-refractivity contribution is 0.377. The average Bonchev–Trinajstić information content (AvgIpc) is 2.27. The van der Waals surface area contributed by atoms with E-state index in [0.29, 0.717) is 0 Å². The van der Waals surface area contributed by atoms with Crippen LogP contribution in [0.15, 0.2) is 36.9 Å². The van der Waals surface area contributed by atoms with Gasteiger partial charge in [0.25, 0.3) is 0 Å². The summed E-state index contributed by atoms with van der Waals surface area (Å²) in [5.41, 5.74) is 2.58. The lowest BCUT2D eigenvalue weighted by Gasteiger charge is -2.26. The van der Waals surface area contributed by atoms with Crippen LogP contribution in [0.1, 0.15) is 39.2 Å². The van der Waals surface area contributed by atoms with E-state index in [2.05, 4.69) is 56.9 Å². The fourth-order valence-corrected chi connectivity index (χ4v) is 1.84. The second-order valence-electron chi connectivity index (χ2n) is 4.96. The first-order valence-corrected chi connectivity index (χ1v) is 6.03. The molecule has 0 aliphatic rings. The van der Waals surface area contributed by atoms with Crippen molar-refractivity contribution < 1.29 is 0 Å². The minimum atomic E-state index is 0.201. The molecule has 0 saturated heterocycles. The van der Waals surface area contributed by atoms with E-state index in [0.717, 1.165) is 12.1 Å². The molecule has 16 heavy (non-hydrogen) atoms. The third-order valence-electron chi connectivity index (χ3n) is 2.84. The van der Waals surface area contributed by atoms with Crippen LogP contribution in [-0.2, 0) is 0 Å². The Morgan fingerprint density at radius 2 is 1.88 bits per heavy atom. The van der Waals surface area contributed by atoms with Crippen LogP contribution in [0.5, 0.6) is 0 Å². The summed E-state index contributed by atoms with van der Waals surface area (Å²) in [5, 5.41) is 3.56. The predicted molar refractivity (Wildman–Crippen MR) is 72.5 cm³/mol. The molecule has 0 aliphatic carbocycles. The van der Waals surface area contributed by atoms with Gasteiger partial charge in [0, 0.05) is 12.1 Å². The van der Waals surface area contributed by atoms with Gasteiger partial charge in [0.1, 0.15) is 0 Å². The Bertz CT molecular complexity index is 325. The summed E-state index contributed by atoms with van der Waals surface area (Å²) < 4.78 is 0. The Hall–Kier alpha value is -1.08. The molecule has 0 fully saturated rings. The molecule has 1 heteroatoms. The van der Waals surface area contributed by atoms with Crippen molar-refractivity contribution >= 4 is 5.57 Å². The van der Waals surface area contributed by atoms with Crippen LogP contribution in [-0.4, -0.2) is 12.1 Å². The van der Waals surface area contributed by atoms with E-state index in [1.807, 2.05) is 6.07 Å². The molecule has 0 radical (unpaired) electrons. The van der Waals surface area contributed by atoms with Crippen LogP contribution >= 0.6 is 0 Å². The summed E-state index contributed by atoms with van der Waals surface area (Å²) in [5.74, 6) is 0. The maximum absolute atomic E-state index is 4.13. The van der Waals surface area contributed by atoms with Crippen molar-refractivity contribution in [2.24, 2.45) is 0 Å². The number of hydrogen-bond donors (Lipinski definition) is 1. The molecule has 0 amide bonds. The van der Waals surface area contributed by atoms with Crippen LogP contribution < -0.4 is 5.32 Å². The minimum absolute atomic E-state index is 0.201. The molecule has 1 aromatic rings. The van der Waals surface area contributed by atoms with Crippen molar-refractivity contribution in [3.63, 3.8) is 0 Å². The quantitative estimate of drug-likeness (QED) is 0.762. The molecule has 88 valence electrons. The van der Waals surface area contributed by atoms with E-state index in [1.54, 1.807) is 0 Å². The summed E-state index contributed by atoms with van der Waals surface area (Å²) in [6, 6.07) is 10.4. The molecule has 0 atom stereocenters. The fraction of sp³-hybridized carbons (Fsp3) is 0.467. The Labute approximate surface area is 99.6 Å². The van der Waals surface area contributed by atoms with Gasteiger partial charge >= 0.3 is 0 Å². The van der Waals surface area contributed by atoms with Gasteiger partial charge in [0.05, 0.1) is 0 Å². The highest BCUT2D eigenvalue weighted by atomic mass is 14.9. The number of rotatable bonds is 6. The van der Waals surface area contributed by atoms with E-state index in [4.69, 9.17) is 0 Å². The predicted octanol–water partition coefficient (Wildman–Crippen LogP) is 3.87. The lowest BCUT2D eigenvalue weighted by Crippen LogP contribution is -2.39. The summed E-state index contributed by atoms with van der Waals surface area (Å²) in [6.07, 6.45) is 2.40. The van der Waals surface area contributed by atoms with Crippen LogP contribution in [0.2, 0.25) is 0 Å². The van der Waals surface area contributed by atoms with Gasteiger partial charge in [-0.2, -0.15) is 0 Å². The largest absolute Gasteiger partial charge is 0.308 e. The molecule has 0 aromatic heterocycles. The lowest BCUT2D eigenvalue weighted by atomic mass is 9.98. The monoisotopic (exact) mass is 217 g/mol. The van der Waals surface area contributed by atoms with Crippen LogP contribution in [0.3, 0.4) is 0 Å². The first-order chi connectivity index (χ1) is 7.55. The fourth-order valence-electron chi connectivity index (χ4n) is 1.84. The van der Waals surface area contributed by atoms with Gasteiger partial charge in [-0.15, -0.1) is 0 Å². The second kappa shape index (κ2) is 5.86.